The number of nitrogens with one attached hydrogen (secondary N) is 1. The van der Waals surface area contributed by atoms with Gasteiger partial charge in [0.15, 0.2) is 0 Å². The average Bonchev–Trinajstić information content (AvgIpc) is 3.06. The van der Waals surface area contributed by atoms with Gasteiger partial charge < -0.3 is 9.47 Å². The Hall–Kier alpha value is -1.57. The summed E-state index contributed by atoms with van der Waals surface area (Å²) in [6, 6.07) is 9.02. The summed E-state index contributed by atoms with van der Waals surface area (Å²) in [5, 5.41) is 17.4. The molecule has 1 heterocycles. The van der Waals surface area contributed by atoms with Gasteiger partial charge >= 0.3 is 0 Å². The summed E-state index contributed by atoms with van der Waals surface area (Å²) in [6.07, 6.45) is -0.441. The number of rotatable bonds is 3. The Labute approximate surface area is 104 Å². The topological polar surface area (TPSA) is 69.4 Å². The summed E-state index contributed by atoms with van der Waals surface area (Å²) in [7, 11) is 0. The number of nitrogens with zero attached hydrogens (tertiary/aromatic N) is 1. The zero-order valence-corrected chi connectivity index (χ0v) is 9.99. The lowest BCUT2D eigenvalue weighted by Gasteiger charge is -2.06. The molecule has 1 aliphatic rings. The van der Waals surface area contributed by atoms with Crippen molar-refractivity contribution in [2.45, 2.75) is 18.6 Å². The molecule has 1 fully saturated rings. The number of halogens is 1. The van der Waals surface area contributed by atoms with Gasteiger partial charge in [-0.05, 0) is 24.6 Å². The molecule has 4 nitrogen and oxygen atoms in total. The zero-order valence-electron chi connectivity index (χ0n) is 9.24. The molecule has 0 aromatic heterocycles. The second-order valence-corrected chi connectivity index (χ2v) is 4.10. The first-order chi connectivity index (χ1) is 8.14. The lowest BCUT2D eigenvalue weighted by Crippen LogP contribution is -2.25. The Balaban J connectivity index is 2.19. The van der Waals surface area contributed by atoms with E-state index in [1.54, 1.807) is 31.2 Å². The van der Waals surface area contributed by atoms with Crippen LogP contribution in [0.3, 0.4) is 0 Å². The molecule has 0 aliphatic carbocycles. The summed E-state index contributed by atoms with van der Waals surface area (Å²) in [5.74, 6) is -0.137. The van der Waals surface area contributed by atoms with Crippen LogP contribution in [0.15, 0.2) is 24.3 Å². The molecule has 1 N–H and O–H groups in total. The molecule has 0 spiro atoms. The van der Waals surface area contributed by atoms with Crippen LogP contribution in [-0.2, 0) is 9.47 Å². The quantitative estimate of drug-likeness (QED) is 0.509. The van der Waals surface area contributed by atoms with Crippen molar-refractivity contribution in [2.75, 3.05) is 6.61 Å². The van der Waals surface area contributed by atoms with Crippen LogP contribution in [-0.4, -0.2) is 18.1 Å². The van der Waals surface area contributed by atoms with Crippen LogP contribution in [0.2, 0.25) is 5.02 Å². The van der Waals surface area contributed by atoms with E-state index in [4.69, 9.17) is 31.7 Å². The van der Waals surface area contributed by atoms with Crippen molar-refractivity contribution in [3.05, 3.63) is 34.9 Å². The van der Waals surface area contributed by atoms with Crippen molar-refractivity contribution < 1.29 is 9.47 Å². The van der Waals surface area contributed by atoms with Crippen molar-refractivity contribution in [3.8, 4) is 6.07 Å². The number of epoxide rings is 1. The molecular weight excluding hydrogens is 240 g/mol. The molecule has 5 heteroatoms. The van der Waals surface area contributed by atoms with Gasteiger partial charge in [0.2, 0.25) is 5.90 Å². The molecule has 0 radical (unpaired) electrons. The SMILES string of the molecule is CCOC(=N)[C@]1(C#N)O[C@@H]1c1ccc(Cl)cc1. The van der Waals surface area contributed by atoms with Crippen LogP contribution in [0.5, 0.6) is 0 Å². The Morgan fingerprint density at radius 3 is 2.76 bits per heavy atom. The normalized spacial score (nSPS) is 26.1. The highest BCUT2D eigenvalue weighted by molar-refractivity contribution is 6.30. The molecule has 1 aliphatic heterocycles. The van der Waals surface area contributed by atoms with Crippen molar-refractivity contribution in [1.82, 2.24) is 0 Å². The van der Waals surface area contributed by atoms with Crippen molar-refractivity contribution in [3.63, 3.8) is 0 Å². The van der Waals surface area contributed by atoms with Crippen LogP contribution in [0, 0.1) is 16.7 Å². The maximum atomic E-state index is 9.12. The Bertz CT molecular complexity index is 480. The van der Waals surface area contributed by atoms with E-state index in [-0.39, 0.29) is 5.90 Å². The van der Waals surface area contributed by atoms with E-state index < -0.39 is 11.7 Å². The van der Waals surface area contributed by atoms with E-state index in [2.05, 4.69) is 0 Å². The lowest BCUT2D eigenvalue weighted by molar-refractivity contribution is 0.279. The molecule has 0 bridgehead atoms. The molecule has 1 saturated heterocycles. The molecule has 17 heavy (non-hydrogen) atoms. The fraction of sp³-hybridized carbons (Fsp3) is 0.333. The minimum absolute atomic E-state index is 0.137. The lowest BCUT2D eigenvalue weighted by atomic mass is 10.0. The predicted octanol–water partition coefficient (Wildman–Crippen LogP) is 2.69. The first-order valence-corrected chi connectivity index (χ1v) is 5.58. The van der Waals surface area contributed by atoms with Crippen LogP contribution < -0.4 is 0 Å². The van der Waals surface area contributed by atoms with Gasteiger partial charge in [0, 0.05) is 5.02 Å². The molecule has 0 saturated carbocycles. The number of nitriles is 1. The summed E-state index contributed by atoms with van der Waals surface area (Å²) in [6.45, 7) is 2.11. The van der Waals surface area contributed by atoms with Crippen LogP contribution in [0.25, 0.3) is 0 Å². The highest BCUT2D eigenvalue weighted by atomic mass is 35.5. The van der Waals surface area contributed by atoms with Crippen LogP contribution >= 0.6 is 11.6 Å². The zero-order chi connectivity index (χ0) is 12.5. The molecule has 2 rings (SSSR count). The molecule has 0 amide bonds. The van der Waals surface area contributed by atoms with Crippen molar-refractivity contribution in [1.29, 1.82) is 10.7 Å². The summed E-state index contributed by atoms with van der Waals surface area (Å²) in [4.78, 5) is 0. The summed E-state index contributed by atoms with van der Waals surface area (Å²) in [5.41, 5.74) is -0.440. The fourth-order valence-corrected chi connectivity index (χ4v) is 1.78. The standard InChI is InChI=1S/C12H11ClN2O2/c1-2-16-11(15)12(7-14)10(17-12)8-3-5-9(13)6-4-8/h3-6,10,15H,2H2,1H3/t10-,12-/m1/s1. The minimum atomic E-state index is -1.26. The second-order valence-electron chi connectivity index (χ2n) is 3.66. The van der Waals surface area contributed by atoms with E-state index in [9.17, 15) is 0 Å². The number of hydrogen-bond donors (Lipinski definition) is 1. The third kappa shape index (κ3) is 1.99. The van der Waals surface area contributed by atoms with Gasteiger partial charge in [0.1, 0.15) is 12.2 Å². The van der Waals surface area contributed by atoms with E-state index >= 15 is 0 Å². The molecule has 88 valence electrons. The van der Waals surface area contributed by atoms with Gasteiger partial charge in [-0.3, -0.25) is 5.41 Å². The molecule has 0 unspecified atom stereocenters. The van der Waals surface area contributed by atoms with Crippen LogP contribution in [0.1, 0.15) is 18.6 Å². The van der Waals surface area contributed by atoms with Crippen LogP contribution in [0.4, 0.5) is 0 Å². The molecule has 1 aromatic rings. The van der Waals surface area contributed by atoms with E-state index in [0.717, 1.165) is 5.56 Å². The monoisotopic (exact) mass is 250 g/mol. The number of hydrogen-bond acceptors (Lipinski definition) is 4. The number of benzene rings is 1. The molecule has 1 aromatic carbocycles. The largest absolute Gasteiger partial charge is 0.478 e. The van der Waals surface area contributed by atoms with Crippen molar-refractivity contribution in [2.24, 2.45) is 0 Å². The third-order valence-electron chi connectivity index (χ3n) is 2.58. The smallest absolute Gasteiger partial charge is 0.260 e. The van der Waals surface area contributed by atoms with Gasteiger partial charge in [0.25, 0.3) is 5.60 Å². The van der Waals surface area contributed by atoms with E-state index in [0.29, 0.717) is 11.6 Å². The first-order valence-electron chi connectivity index (χ1n) is 5.20. The van der Waals surface area contributed by atoms with Gasteiger partial charge in [0.05, 0.1) is 6.61 Å². The highest BCUT2D eigenvalue weighted by Gasteiger charge is 2.63. The first kappa shape index (κ1) is 11.9. The second kappa shape index (κ2) is 4.36. The van der Waals surface area contributed by atoms with Gasteiger partial charge in [-0.2, -0.15) is 5.26 Å². The maximum absolute atomic E-state index is 9.12. The summed E-state index contributed by atoms with van der Waals surface area (Å²) >= 11 is 5.78. The van der Waals surface area contributed by atoms with Gasteiger partial charge in [-0.25, -0.2) is 0 Å². The van der Waals surface area contributed by atoms with Crippen molar-refractivity contribution >= 4 is 17.5 Å². The van der Waals surface area contributed by atoms with E-state index in [1.807, 2.05) is 6.07 Å². The fourth-order valence-electron chi connectivity index (χ4n) is 1.65. The maximum Gasteiger partial charge on any atom is 0.260 e. The number of ether oxygens (including phenoxy) is 2. The average molecular weight is 251 g/mol. The molecular formula is C12H11ClN2O2. The Kier molecular flexibility index (Phi) is 3.05. The molecule has 2 atom stereocenters. The highest BCUT2D eigenvalue weighted by Crippen LogP contribution is 2.50. The van der Waals surface area contributed by atoms with Gasteiger partial charge in [-0.1, -0.05) is 23.7 Å². The minimum Gasteiger partial charge on any atom is -0.478 e. The Morgan fingerprint density at radius 1 is 1.59 bits per heavy atom. The van der Waals surface area contributed by atoms with Gasteiger partial charge in [-0.15, -0.1) is 0 Å². The summed E-state index contributed by atoms with van der Waals surface area (Å²) < 4.78 is 10.4. The predicted molar refractivity (Wildman–Crippen MR) is 63.0 cm³/mol. The van der Waals surface area contributed by atoms with E-state index in [1.165, 1.54) is 0 Å². The Morgan fingerprint density at radius 2 is 2.24 bits per heavy atom. The third-order valence-corrected chi connectivity index (χ3v) is 2.83.